The van der Waals surface area contributed by atoms with E-state index in [1.165, 1.54) is 6.92 Å². The van der Waals surface area contributed by atoms with Crippen molar-refractivity contribution in [2.24, 2.45) is 0 Å². The van der Waals surface area contributed by atoms with Crippen LogP contribution in [0.15, 0.2) is 41.0 Å². The van der Waals surface area contributed by atoms with Crippen molar-refractivity contribution in [2.75, 3.05) is 20.3 Å². The van der Waals surface area contributed by atoms with E-state index in [2.05, 4.69) is 5.32 Å². The standard InChI is InChI=1S/C19H23NO5/c1-14(21)15-6-7-18(23-2)16(11-15)12-19(22)20-8-4-9-24-13-17-5-3-10-25-17/h3,5-7,10-11H,4,8-9,12-13H2,1-2H3,(H,20,22). The van der Waals surface area contributed by atoms with Gasteiger partial charge in [0.05, 0.1) is 19.8 Å². The molecule has 0 atom stereocenters. The molecule has 1 amide bonds. The predicted molar refractivity (Wildman–Crippen MR) is 92.7 cm³/mol. The molecule has 2 aromatic rings. The third kappa shape index (κ3) is 6.08. The molecule has 0 saturated carbocycles. The number of carbonyl (C=O) groups is 2. The van der Waals surface area contributed by atoms with Gasteiger partial charge in [0, 0.05) is 24.3 Å². The van der Waals surface area contributed by atoms with E-state index < -0.39 is 0 Å². The van der Waals surface area contributed by atoms with E-state index in [1.54, 1.807) is 31.6 Å². The average Bonchev–Trinajstić information content (AvgIpc) is 3.11. The predicted octanol–water partition coefficient (Wildman–Crippen LogP) is 2.76. The number of hydrogen-bond acceptors (Lipinski definition) is 5. The van der Waals surface area contributed by atoms with Crippen LogP contribution in [-0.2, 0) is 22.6 Å². The third-order valence-corrected chi connectivity index (χ3v) is 3.65. The van der Waals surface area contributed by atoms with Crippen molar-refractivity contribution in [3.8, 4) is 5.75 Å². The van der Waals surface area contributed by atoms with Crippen LogP contribution in [0.3, 0.4) is 0 Å². The Bertz CT molecular complexity index is 694. The molecule has 1 aromatic heterocycles. The number of ketones is 1. The largest absolute Gasteiger partial charge is 0.496 e. The van der Waals surface area contributed by atoms with Gasteiger partial charge >= 0.3 is 0 Å². The first kappa shape index (κ1) is 18.7. The van der Waals surface area contributed by atoms with Crippen LogP contribution in [0, 0.1) is 0 Å². The second-order valence-corrected chi connectivity index (χ2v) is 5.60. The number of rotatable bonds is 10. The van der Waals surface area contributed by atoms with Crippen LogP contribution in [0.1, 0.15) is 35.0 Å². The molecule has 0 saturated heterocycles. The van der Waals surface area contributed by atoms with Gasteiger partial charge in [0.1, 0.15) is 18.1 Å². The molecule has 1 heterocycles. The lowest BCUT2D eigenvalue weighted by Gasteiger charge is -2.10. The Morgan fingerprint density at radius 2 is 2.08 bits per heavy atom. The van der Waals surface area contributed by atoms with Crippen molar-refractivity contribution < 1.29 is 23.5 Å². The molecule has 134 valence electrons. The number of amides is 1. The minimum Gasteiger partial charge on any atom is -0.496 e. The van der Waals surface area contributed by atoms with E-state index in [4.69, 9.17) is 13.9 Å². The Kier molecular flexibility index (Phi) is 7.22. The van der Waals surface area contributed by atoms with Crippen LogP contribution >= 0.6 is 0 Å². The molecule has 2 rings (SSSR count). The van der Waals surface area contributed by atoms with Gasteiger partial charge in [-0.15, -0.1) is 0 Å². The zero-order chi connectivity index (χ0) is 18.1. The van der Waals surface area contributed by atoms with Gasteiger partial charge < -0.3 is 19.2 Å². The molecule has 25 heavy (non-hydrogen) atoms. The van der Waals surface area contributed by atoms with Crippen LogP contribution in [0.25, 0.3) is 0 Å². The highest BCUT2D eigenvalue weighted by Crippen LogP contribution is 2.20. The average molecular weight is 345 g/mol. The lowest BCUT2D eigenvalue weighted by atomic mass is 10.0. The van der Waals surface area contributed by atoms with E-state index >= 15 is 0 Å². The molecule has 0 aliphatic carbocycles. The van der Waals surface area contributed by atoms with Crippen molar-refractivity contribution in [2.45, 2.75) is 26.4 Å². The van der Waals surface area contributed by atoms with E-state index in [1.807, 2.05) is 12.1 Å². The number of Topliss-reactive ketones (excluding diaryl/α,β-unsaturated/α-hetero) is 1. The van der Waals surface area contributed by atoms with Gasteiger partial charge in [-0.25, -0.2) is 0 Å². The minimum atomic E-state index is -0.120. The van der Waals surface area contributed by atoms with Crippen molar-refractivity contribution >= 4 is 11.7 Å². The normalized spacial score (nSPS) is 10.5. The van der Waals surface area contributed by atoms with Crippen LogP contribution in [0.5, 0.6) is 5.75 Å². The first-order valence-corrected chi connectivity index (χ1v) is 8.15. The number of hydrogen-bond donors (Lipinski definition) is 1. The Morgan fingerprint density at radius 1 is 1.24 bits per heavy atom. The number of furan rings is 1. The topological polar surface area (TPSA) is 77.8 Å². The molecular formula is C19H23NO5. The smallest absolute Gasteiger partial charge is 0.224 e. The zero-order valence-electron chi connectivity index (χ0n) is 14.5. The Hall–Kier alpha value is -2.60. The summed E-state index contributed by atoms with van der Waals surface area (Å²) < 4.78 is 15.9. The number of carbonyl (C=O) groups excluding carboxylic acids is 2. The van der Waals surface area contributed by atoms with Gasteiger partial charge in [0.25, 0.3) is 0 Å². The number of benzene rings is 1. The van der Waals surface area contributed by atoms with Crippen LogP contribution in [0.2, 0.25) is 0 Å². The highest BCUT2D eigenvalue weighted by molar-refractivity contribution is 5.94. The minimum absolute atomic E-state index is 0.0435. The second-order valence-electron chi connectivity index (χ2n) is 5.60. The SMILES string of the molecule is COc1ccc(C(C)=O)cc1CC(=O)NCCCOCc1ccco1. The molecule has 6 nitrogen and oxygen atoms in total. The summed E-state index contributed by atoms with van der Waals surface area (Å²) in [5.41, 5.74) is 1.26. The van der Waals surface area contributed by atoms with E-state index in [0.717, 1.165) is 5.76 Å². The third-order valence-electron chi connectivity index (χ3n) is 3.65. The molecular weight excluding hydrogens is 322 g/mol. The van der Waals surface area contributed by atoms with Crippen LogP contribution < -0.4 is 10.1 Å². The molecule has 0 unspecified atom stereocenters. The fourth-order valence-electron chi connectivity index (χ4n) is 2.34. The van der Waals surface area contributed by atoms with Gasteiger partial charge in [0.2, 0.25) is 5.91 Å². The molecule has 6 heteroatoms. The highest BCUT2D eigenvalue weighted by atomic mass is 16.5. The fraction of sp³-hybridized carbons (Fsp3) is 0.368. The number of ether oxygens (including phenoxy) is 2. The van der Waals surface area contributed by atoms with Crippen molar-refractivity contribution in [3.05, 3.63) is 53.5 Å². The molecule has 0 aliphatic heterocycles. The first-order valence-electron chi connectivity index (χ1n) is 8.15. The summed E-state index contributed by atoms with van der Waals surface area (Å²) in [6, 6.07) is 8.77. The van der Waals surface area contributed by atoms with Gasteiger partial charge in [-0.2, -0.15) is 0 Å². The summed E-state index contributed by atoms with van der Waals surface area (Å²) in [7, 11) is 1.54. The maximum Gasteiger partial charge on any atom is 0.224 e. The molecule has 0 radical (unpaired) electrons. The monoisotopic (exact) mass is 345 g/mol. The first-order chi connectivity index (χ1) is 12.1. The lowest BCUT2D eigenvalue weighted by Crippen LogP contribution is -2.27. The summed E-state index contributed by atoms with van der Waals surface area (Å²) in [4.78, 5) is 23.6. The van der Waals surface area contributed by atoms with E-state index in [-0.39, 0.29) is 18.1 Å². The number of nitrogens with one attached hydrogen (secondary N) is 1. The van der Waals surface area contributed by atoms with Gasteiger partial charge in [-0.3, -0.25) is 9.59 Å². The summed E-state index contributed by atoms with van der Waals surface area (Å²) in [5, 5.41) is 2.84. The molecule has 1 N–H and O–H groups in total. The van der Waals surface area contributed by atoms with Crippen LogP contribution in [-0.4, -0.2) is 32.0 Å². The molecule has 0 bridgehead atoms. The van der Waals surface area contributed by atoms with Gasteiger partial charge in [-0.05, 0) is 43.7 Å². The van der Waals surface area contributed by atoms with E-state index in [9.17, 15) is 9.59 Å². The van der Waals surface area contributed by atoms with Gasteiger partial charge in [0.15, 0.2) is 5.78 Å². The van der Waals surface area contributed by atoms with Crippen LogP contribution in [0.4, 0.5) is 0 Å². The summed E-state index contributed by atoms with van der Waals surface area (Å²) in [6.07, 6.45) is 2.48. The van der Waals surface area contributed by atoms with Crippen molar-refractivity contribution in [1.82, 2.24) is 5.32 Å². The fourth-order valence-corrected chi connectivity index (χ4v) is 2.34. The summed E-state index contributed by atoms with van der Waals surface area (Å²) in [5.74, 6) is 1.21. The van der Waals surface area contributed by atoms with Crippen molar-refractivity contribution in [1.29, 1.82) is 0 Å². The molecule has 1 aromatic carbocycles. The quantitative estimate of drug-likeness (QED) is 0.529. The Balaban J connectivity index is 1.72. The molecule has 0 spiro atoms. The Labute approximate surface area is 147 Å². The maximum atomic E-state index is 12.1. The second kappa shape index (κ2) is 9.64. The molecule has 0 fully saturated rings. The van der Waals surface area contributed by atoms with Crippen molar-refractivity contribution in [3.63, 3.8) is 0 Å². The number of methoxy groups -OCH3 is 1. The van der Waals surface area contributed by atoms with Gasteiger partial charge in [-0.1, -0.05) is 0 Å². The summed E-state index contributed by atoms with van der Waals surface area (Å²) in [6.45, 7) is 2.97. The lowest BCUT2D eigenvalue weighted by molar-refractivity contribution is -0.120. The zero-order valence-corrected chi connectivity index (χ0v) is 14.5. The molecule has 0 aliphatic rings. The van der Waals surface area contributed by atoms with E-state index in [0.29, 0.717) is 43.1 Å². The highest BCUT2D eigenvalue weighted by Gasteiger charge is 2.11. The summed E-state index contributed by atoms with van der Waals surface area (Å²) >= 11 is 0. The Morgan fingerprint density at radius 3 is 2.76 bits per heavy atom. The maximum absolute atomic E-state index is 12.1.